The van der Waals surface area contributed by atoms with Crippen LogP contribution in [0.15, 0.2) is 24.3 Å². The van der Waals surface area contributed by atoms with E-state index in [2.05, 4.69) is 15.4 Å². The Labute approximate surface area is 85.1 Å². The maximum atomic E-state index is 11.4. The van der Waals surface area contributed by atoms with Crippen LogP contribution in [0.5, 0.6) is 0 Å². The van der Waals surface area contributed by atoms with Gasteiger partial charge in [-0.2, -0.15) is 0 Å². The van der Waals surface area contributed by atoms with Gasteiger partial charge in [0.1, 0.15) is 5.52 Å². The summed E-state index contributed by atoms with van der Waals surface area (Å²) in [5.74, 6) is -0.304. The van der Waals surface area contributed by atoms with Crippen LogP contribution < -0.4 is 10.2 Å². The third-order valence-electron chi connectivity index (χ3n) is 1.79. The Morgan fingerprint density at radius 2 is 2.20 bits per heavy atom. The number of nitrogens with zero attached hydrogens (tertiary/aromatic N) is 3. The highest BCUT2D eigenvalue weighted by atomic mass is 16.5. The molecular weight excluding hydrogens is 196 g/mol. The molecule has 1 aromatic carbocycles. The quantitative estimate of drug-likeness (QED) is 0.532. The SMILES string of the molecule is CC(=O)Nc1nc2ccccc2[n+]([O-])n1. The number of para-hydroxylation sites is 2. The molecule has 0 saturated carbocycles. The van der Waals surface area contributed by atoms with Crippen LogP contribution in [-0.2, 0) is 4.79 Å². The summed E-state index contributed by atoms with van der Waals surface area (Å²) in [7, 11) is 0. The molecule has 0 unspecified atom stereocenters. The van der Waals surface area contributed by atoms with E-state index in [-0.39, 0.29) is 11.9 Å². The molecule has 0 aliphatic rings. The molecule has 2 aromatic rings. The van der Waals surface area contributed by atoms with Crippen molar-refractivity contribution >= 4 is 22.9 Å². The highest BCUT2D eigenvalue weighted by molar-refractivity contribution is 5.87. The van der Waals surface area contributed by atoms with Crippen molar-refractivity contribution in [3.63, 3.8) is 0 Å². The van der Waals surface area contributed by atoms with Gasteiger partial charge in [-0.1, -0.05) is 12.1 Å². The first-order valence-electron chi connectivity index (χ1n) is 4.31. The van der Waals surface area contributed by atoms with Crippen molar-refractivity contribution in [1.82, 2.24) is 10.1 Å². The van der Waals surface area contributed by atoms with Crippen LogP contribution in [0, 0.1) is 5.21 Å². The molecule has 76 valence electrons. The second-order valence-electron chi connectivity index (χ2n) is 2.98. The second kappa shape index (κ2) is 3.49. The monoisotopic (exact) mass is 204 g/mol. The zero-order valence-electron chi connectivity index (χ0n) is 7.97. The number of carbonyl (C=O) groups excluding carboxylic acids is 1. The number of carbonyl (C=O) groups is 1. The minimum atomic E-state index is -0.315. The zero-order chi connectivity index (χ0) is 10.8. The van der Waals surface area contributed by atoms with Gasteiger partial charge < -0.3 is 5.21 Å². The Bertz CT molecular complexity index is 527. The molecule has 0 fully saturated rings. The topological polar surface area (TPSA) is 81.8 Å². The standard InChI is InChI=1S/C9H8N4O2/c1-6(14)10-9-11-7-4-2-3-5-8(7)13(15)12-9/h2-5H,1H3,(H,10,11,12,14). The van der Waals surface area contributed by atoms with Gasteiger partial charge in [0.25, 0.3) is 11.5 Å². The fraction of sp³-hybridized carbons (Fsp3) is 0.111. The Morgan fingerprint density at radius 1 is 1.47 bits per heavy atom. The average molecular weight is 204 g/mol. The van der Waals surface area contributed by atoms with Crippen molar-refractivity contribution < 1.29 is 9.64 Å². The number of amides is 1. The number of hydrogen-bond acceptors (Lipinski definition) is 4. The fourth-order valence-electron chi connectivity index (χ4n) is 1.21. The van der Waals surface area contributed by atoms with Gasteiger partial charge in [-0.15, -0.1) is 0 Å². The largest absolute Gasteiger partial charge is 0.594 e. The van der Waals surface area contributed by atoms with E-state index in [1.807, 2.05) is 0 Å². The summed E-state index contributed by atoms with van der Waals surface area (Å²) in [6.07, 6.45) is 0. The third kappa shape index (κ3) is 1.83. The number of anilines is 1. The van der Waals surface area contributed by atoms with E-state index in [4.69, 9.17) is 0 Å². The lowest BCUT2D eigenvalue weighted by atomic mass is 10.3. The van der Waals surface area contributed by atoms with Crippen LogP contribution in [0.1, 0.15) is 6.92 Å². The molecule has 0 aliphatic heterocycles. The van der Waals surface area contributed by atoms with E-state index in [1.165, 1.54) is 6.92 Å². The van der Waals surface area contributed by atoms with E-state index in [9.17, 15) is 10.0 Å². The van der Waals surface area contributed by atoms with Crippen molar-refractivity contribution in [2.24, 2.45) is 0 Å². The molecule has 2 rings (SSSR count). The van der Waals surface area contributed by atoms with Gasteiger partial charge >= 0.3 is 0 Å². The molecule has 6 heteroatoms. The Balaban J connectivity index is 2.57. The minimum absolute atomic E-state index is 0.0104. The van der Waals surface area contributed by atoms with Crippen LogP contribution in [0.25, 0.3) is 11.0 Å². The summed E-state index contributed by atoms with van der Waals surface area (Å²) < 4.78 is 0. The highest BCUT2D eigenvalue weighted by Crippen LogP contribution is 2.07. The van der Waals surface area contributed by atoms with E-state index < -0.39 is 0 Å². The summed E-state index contributed by atoms with van der Waals surface area (Å²) in [4.78, 5) is 15.2. The summed E-state index contributed by atoms with van der Waals surface area (Å²) >= 11 is 0. The minimum Gasteiger partial charge on any atom is -0.594 e. The van der Waals surface area contributed by atoms with Gasteiger partial charge in [0.15, 0.2) is 0 Å². The molecule has 6 nitrogen and oxygen atoms in total. The normalized spacial score (nSPS) is 10.2. The lowest BCUT2D eigenvalue weighted by Gasteiger charge is -2.01. The van der Waals surface area contributed by atoms with Gasteiger partial charge in [-0.3, -0.25) is 10.1 Å². The van der Waals surface area contributed by atoms with E-state index >= 15 is 0 Å². The van der Waals surface area contributed by atoms with Crippen molar-refractivity contribution in [1.29, 1.82) is 0 Å². The van der Waals surface area contributed by atoms with Gasteiger partial charge in [-0.25, -0.2) is 4.98 Å². The van der Waals surface area contributed by atoms with Gasteiger partial charge in [-0.05, 0) is 10.9 Å². The first-order valence-corrected chi connectivity index (χ1v) is 4.31. The smallest absolute Gasteiger partial charge is 0.297 e. The lowest BCUT2D eigenvalue weighted by molar-refractivity contribution is -0.641. The molecule has 0 aliphatic carbocycles. The lowest BCUT2D eigenvalue weighted by Crippen LogP contribution is -2.34. The molecule has 0 saturated heterocycles. The fourth-order valence-corrected chi connectivity index (χ4v) is 1.21. The number of nitrogens with one attached hydrogen (secondary N) is 1. The number of fused-ring (bicyclic) bond motifs is 1. The first-order chi connectivity index (χ1) is 7.16. The van der Waals surface area contributed by atoms with Crippen LogP contribution >= 0.6 is 0 Å². The average Bonchev–Trinajstić information content (AvgIpc) is 2.16. The van der Waals surface area contributed by atoms with Crippen molar-refractivity contribution in [2.45, 2.75) is 6.92 Å². The molecule has 0 spiro atoms. The van der Waals surface area contributed by atoms with E-state index in [0.717, 1.165) is 0 Å². The van der Waals surface area contributed by atoms with Gasteiger partial charge in [0.2, 0.25) is 5.91 Å². The molecule has 1 amide bonds. The molecule has 0 bridgehead atoms. The number of aromatic nitrogens is 3. The molecule has 0 atom stereocenters. The van der Waals surface area contributed by atoms with Crippen molar-refractivity contribution in [3.8, 4) is 0 Å². The maximum Gasteiger partial charge on any atom is 0.297 e. The Morgan fingerprint density at radius 3 is 2.93 bits per heavy atom. The summed E-state index contributed by atoms with van der Waals surface area (Å²) in [6, 6.07) is 6.77. The van der Waals surface area contributed by atoms with Crippen LogP contribution in [-0.4, -0.2) is 16.0 Å². The number of rotatable bonds is 1. The molecule has 15 heavy (non-hydrogen) atoms. The second-order valence-corrected chi connectivity index (χ2v) is 2.98. The zero-order valence-corrected chi connectivity index (χ0v) is 7.97. The molecule has 1 aromatic heterocycles. The van der Waals surface area contributed by atoms with Gasteiger partial charge in [0.05, 0.1) is 5.10 Å². The van der Waals surface area contributed by atoms with Crippen molar-refractivity contribution in [3.05, 3.63) is 29.5 Å². The van der Waals surface area contributed by atoms with Gasteiger partial charge in [0, 0.05) is 13.0 Å². The Hall–Kier alpha value is -2.24. The molecular formula is C9H8N4O2. The van der Waals surface area contributed by atoms with Crippen molar-refractivity contribution in [2.75, 3.05) is 5.32 Å². The van der Waals surface area contributed by atoms with E-state index in [0.29, 0.717) is 15.9 Å². The molecule has 1 N–H and O–H groups in total. The number of hydrogen-bond donors (Lipinski definition) is 1. The predicted molar refractivity (Wildman–Crippen MR) is 52.8 cm³/mol. The predicted octanol–water partition coefficient (Wildman–Crippen LogP) is 0.222. The maximum absolute atomic E-state index is 11.4. The third-order valence-corrected chi connectivity index (χ3v) is 1.79. The highest BCUT2D eigenvalue weighted by Gasteiger charge is 2.10. The summed E-state index contributed by atoms with van der Waals surface area (Å²) in [5.41, 5.74) is 0.859. The summed E-state index contributed by atoms with van der Waals surface area (Å²) in [5, 5.41) is 17.3. The van der Waals surface area contributed by atoms with Crippen LogP contribution in [0.4, 0.5) is 5.95 Å². The summed E-state index contributed by atoms with van der Waals surface area (Å²) in [6.45, 7) is 1.33. The Kier molecular flexibility index (Phi) is 2.17. The molecule has 0 radical (unpaired) electrons. The van der Waals surface area contributed by atoms with Crippen LogP contribution in [0.2, 0.25) is 0 Å². The first kappa shape index (κ1) is 9.32. The molecule has 1 heterocycles. The van der Waals surface area contributed by atoms with E-state index in [1.54, 1.807) is 24.3 Å². The van der Waals surface area contributed by atoms with Crippen LogP contribution in [0.3, 0.4) is 0 Å². The number of benzene rings is 1.